The fourth-order valence-electron chi connectivity index (χ4n) is 3.04. The van der Waals surface area contributed by atoms with Gasteiger partial charge in [0.15, 0.2) is 5.82 Å². The molecule has 6 heteroatoms. The summed E-state index contributed by atoms with van der Waals surface area (Å²) >= 11 is 0. The Hall–Kier alpha value is -3.93. The predicted octanol–water partition coefficient (Wildman–Crippen LogP) is 4.59. The van der Waals surface area contributed by atoms with Crippen molar-refractivity contribution in [3.63, 3.8) is 0 Å². The molecule has 2 aromatic carbocycles. The molecular weight excluding hydrogens is 376 g/mol. The zero-order valence-electron chi connectivity index (χ0n) is 16.6. The average Bonchev–Trinajstić information content (AvgIpc) is 3.31. The SMILES string of the molecule is Cc1ccccc1CNc1cc(C(=O)NCc2ccco2)nc(-c2ccccc2)n1. The lowest BCUT2D eigenvalue weighted by atomic mass is 10.1. The molecule has 0 aliphatic heterocycles. The Morgan fingerprint density at radius 2 is 1.73 bits per heavy atom. The maximum absolute atomic E-state index is 12.7. The maximum atomic E-state index is 12.7. The van der Waals surface area contributed by atoms with Crippen molar-refractivity contribution in [1.82, 2.24) is 15.3 Å². The first kappa shape index (κ1) is 19.4. The Balaban J connectivity index is 1.59. The number of carbonyl (C=O) groups excluding carboxylic acids is 1. The molecule has 4 aromatic rings. The van der Waals surface area contributed by atoms with Crippen LogP contribution in [0.1, 0.15) is 27.4 Å². The van der Waals surface area contributed by atoms with Crippen molar-refractivity contribution >= 4 is 11.7 Å². The van der Waals surface area contributed by atoms with Gasteiger partial charge in [0.2, 0.25) is 0 Å². The minimum absolute atomic E-state index is 0.287. The number of amides is 1. The largest absolute Gasteiger partial charge is 0.467 e. The van der Waals surface area contributed by atoms with E-state index >= 15 is 0 Å². The van der Waals surface area contributed by atoms with E-state index in [1.165, 1.54) is 11.1 Å². The Kier molecular flexibility index (Phi) is 5.85. The van der Waals surface area contributed by atoms with Crippen LogP contribution < -0.4 is 10.6 Å². The molecular formula is C24H22N4O2. The van der Waals surface area contributed by atoms with Crippen LogP contribution in [0.4, 0.5) is 5.82 Å². The third kappa shape index (κ3) is 4.72. The predicted molar refractivity (Wildman–Crippen MR) is 116 cm³/mol. The molecule has 0 aliphatic carbocycles. The van der Waals surface area contributed by atoms with Crippen LogP contribution in [0.5, 0.6) is 0 Å². The second kappa shape index (κ2) is 9.05. The van der Waals surface area contributed by atoms with Crippen molar-refractivity contribution in [3.05, 3.63) is 102 Å². The second-order valence-electron chi connectivity index (χ2n) is 6.87. The van der Waals surface area contributed by atoms with Gasteiger partial charge in [0, 0.05) is 18.2 Å². The summed E-state index contributed by atoms with van der Waals surface area (Å²) in [6.07, 6.45) is 1.58. The number of aryl methyl sites for hydroxylation is 1. The second-order valence-corrected chi connectivity index (χ2v) is 6.87. The van der Waals surface area contributed by atoms with E-state index in [9.17, 15) is 4.79 Å². The lowest BCUT2D eigenvalue weighted by Crippen LogP contribution is -2.24. The lowest BCUT2D eigenvalue weighted by molar-refractivity contribution is 0.0943. The monoisotopic (exact) mass is 398 g/mol. The molecule has 0 radical (unpaired) electrons. The summed E-state index contributed by atoms with van der Waals surface area (Å²) < 4.78 is 5.28. The molecule has 2 aromatic heterocycles. The molecule has 4 rings (SSSR count). The van der Waals surface area contributed by atoms with E-state index in [1.807, 2.05) is 48.5 Å². The molecule has 0 atom stereocenters. The molecule has 1 amide bonds. The van der Waals surface area contributed by atoms with Gasteiger partial charge in [0.05, 0.1) is 12.8 Å². The molecule has 2 N–H and O–H groups in total. The molecule has 0 saturated carbocycles. The Morgan fingerprint density at radius 1 is 0.933 bits per heavy atom. The smallest absolute Gasteiger partial charge is 0.270 e. The number of nitrogens with one attached hydrogen (secondary N) is 2. The van der Waals surface area contributed by atoms with Crippen LogP contribution in [-0.2, 0) is 13.1 Å². The highest BCUT2D eigenvalue weighted by Crippen LogP contribution is 2.19. The van der Waals surface area contributed by atoms with Gasteiger partial charge in [0.1, 0.15) is 17.3 Å². The first-order valence-corrected chi connectivity index (χ1v) is 9.72. The van der Waals surface area contributed by atoms with Gasteiger partial charge in [-0.05, 0) is 30.2 Å². The van der Waals surface area contributed by atoms with Crippen LogP contribution in [0.15, 0.2) is 83.5 Å². The van der Waals surface area contributed by atoms with Crippen LogP contribution in [0.3, 0.4) is 0 Å². The summed E-state index contributed by atoms with van der Waals surface area (Å²) in [5.41, 5.74) is 3.50. The van der Waals surface area contributed by atoms with Crippen LogP contribution in [0.2, 0.25) is 0 Å². The Labute approximate surface area is 175 Å². The highest BCUT2D eigenvalue weighted by atomic mass is 16.3. The van der Waals surface area contributed by atoms with Crippen molar-refractivity contribution in [1.29, 1.82) is 0 Å². The van der Waals surface area contributed by atoms with Gasteiger partial charge in [-0.25, -0.2) is 9.97 Å². The van der Waals surface area contributed by atoms with Gasteiger partial charge in [-0.1, -0.05) is 54.6 Å². The molecule has 0 spiro atoms. The van der Waals surface area contributed by atoms with Crippen LogP contribution in [0.25, 0.3) is 11.4 Å². The summed E-state index contributed by atoms with van der Waals surface area (Å²) in [6.45, 7) is 2.97. The maximum Gasteiger partial charge on any atom is 0.270 e. The van der Waals surface area contributed by atoms with E-state index in [0.717, 1.165) is 5.56 Å². The highest BCUT2D eigenvalue weighted by Gasteiger charge is 2.14. The number of hydrogen-bond donors (Lipinski definition) is 2. The van der Waals surface area contributed by atoms with Crippen molar-refractivity contribution in [2.75, 3.05) is 5.32 Å². The van der Waals surface area contributed by atoms with E-state index in [1.54, 1.807) is 18.4 Å². The van der Waals surface area contributed by atoms with Crippen molar-refractivity contribution in [3.8, 4) is 11.4 Å². The number of nitrogens with zero attached hydrogens (tertiary/aromatic N) is 2. The van der Waals surface area contributed by atoms with Gasteiger partial charge in [-0.2, -0.15) is 0 Å². The van der Waals surface area contributed by atoms with Crippen LogP contribution in [0, 0.1) is 6.92 Å². The number of hydrogen-bond acceptors (Lipinski definition) is 5. The molecule has 0 bridgehead atoms. The van der Waals surface area contributed by atoms with E-state index < -0.39 is 0 Å². The average molecular weight is 398 g/mol. The number of benzene rings is 2. The van der Waals surface area contributed by atoms with E-state index in [0.29, 0.717) is 36.2 Å². The van der Waals surface area contributed by atoms with E-state index in [-0.39, 0.29) is 5.91 Å². The van der Waals surface area contributed by atoms with Gasteiger partial charge in [0.25, 0.3) is 5.91 Å². The van der Waals surface area contributed by atoms with Crippen molar-refractivity contribution in [2.24, 2.45) is 0 Å². The van der Waals surface area contributed by atoms with Crippen molar-refractivity contribution in [2.45, 2.75) is 20.0 Å². The highest BCUT2D eigenvalue weighted by molar-refractivity contribution is 5.93. The van der Waals surface area contributed by atoms with Crippen molar-refractivity contribution < 1.29 is 9.21 Å². The third-order valence-corrected chi connectivity index (χ3v) is 4.72. The molecule has 0 saturated heterocycles. The van der Waals surface area contributed by atoms with Crippen LogP contribution >= 0.6 is 0 Å². The summed E-state index contributed by atoms with van der Waals surface area (Å²) in [7, 11) is 0. The molecule has 0 fully saturated rings. The van der Waals surface area contributed by atoms with Gasteiger partial charge >= 0.3 is 0 Å². The summed E-state index contributed by atoms with van der Waals surface area (Å²) in [6, 6.07) is 23.0. The zero-order chi connectivity index (χ0) is 20.8. The lowest BCUT2D eigenvalue weighted by Gasteiger charge is -2.11. The molecule has 30 heavy (non-hydrogen) atoms. The fraction of sp³-hybridized carbons (Fsp3) is 0.125. The summed E-state index contributed by atoms with van der Waals surface area (Å²) in [5.74, 6) is 1.48. The Bertz CT molecular complexity index is 1130. The molecule has 150 valence electrons. The summed E-state index contributed by atoms with van der Waals surface area (Å²) in [4.78, 5) is 21.8. The molecule has 2 heterocycles. The minimum atomic E-state index is -0.287. The van der Waals surface area contributed by atoms with E-state index in [2.05, 4.69) is 39.7 Å². The first-order valence-electron chi connectivity index (χ1n) is 9.72. The number of aromatic nitrogens is 2. The van der Waals surface area contributed by atoms with Gasteiger partial charge < -0.3 is 15.1 Å². The standard InChI is InChI=1S/C24H22N4O2/c1-17-8-5-6-11-19(17)15-25-22-14-21(24(29)26-16-20-12-7-13-30-20)27-23(28-22)18-9-3-2-4-10-18/h2-14H,15-16H2,1H3,(H,26,29)(H,25,27,28). The topological polar surface area (TPSA) is 80.0 Å². The third-order valence-electron chi connectivity index (χ3n) is 4.72. The molecule has 0 aliphatic rings. The quantitative estimate of drug-likeness (QED) is 0.476. The first-order chi connectivity index (χ1) is 14.7. The number of furan rings is 1. The van der Waals surface area contributed by atoms with Gasteiger partial charge in [-0.15, -0.1) is 0 Å². The van der Waals surface area contributed by atoms with E-state index in [4.69, 9.17) is 4.42 Å². The Morgan fingerprint density at radius 3 is 2.50 bits per heavy atom. The normalized spacial score (nSPS) is 10.6. The molecule has 6 nitrogen and oxygen atoms in total. The van der Waals surface area contributed by atoms with Crippen LogP contribution in [-0.4, -0.2) is 15.9 Å². The fourth-order valence-corrected chi connectivity index (χ4v) is 3.04. The summed E-state index contributed by atoms with van der Waals surface area (Å²) in [5, 5.41) is 6.17. The molecule has 0 unspecified atom stereocenters. The number of anilines is 1. The number of rotatable bonds is 7. The zero-order valence-corrected chi connectivity index (χ0v) is 16.6. The van der Waals surface area contributed by atoms with Gasteiger partial charge in [-0.3, -0.25) is 4.79 Å². The number of carbonyl (C=O) groups is 1. The minimum Gasteiger partial charge on any atom is -0.467 e.